The minimum atomic E-state index is 0.0617. The van der Waals surface area contributed by atoms with Crippen LogP contribution in [0.25, 0.3) is 0 Å². The molecule has 2 fully saturated rings. The van der Waals surface area contributed by atoms with Crippen LogP contribution in [0.1, 0.15) is 56.3 Å². The Labute approximate surface area is 101 Å². The van der Waals surface area contributed by atoms with Crippen molar-refractivity contribution in [3.05, 3.63) is 11.7 Å². The lowest BCUT2D eigenvalue weighted by molar-refractivity contribution is 0.103. The van der Waals surface area contributed by atoms with E-state index in [0.29, 0.717) is 12.0 Å². The van der Waals surface area contributed by atoms with Crippen molar-refractivity contribution in [3.8, 4) is 0 Å². The second kappa shape index (κ2) is 4.74. The largest absolute Gasteiger partial charge is 0.370 e. The molecule has 2 saturated heterocycles. The molecule has 1 aromatic rings. The number of ether oxygens (including phenoxy) is 1. The van der Waals surface area contributed by atoms with Gasteiger partial charge in [0.2, 0.25) is 11.7 Å². The molecule has 0 aromatic carbocycles. The van der Waals surface area contributed by atoms with Gasteiger partial charge in [-0.2, -0.15) is 4.98 Å². The predicted octanol–water partition coefficient (Wildman–Crippen LogP) is 1.78. The number of aromatic nitrogens is 2. The summed E-state index contributed by atoms with van der Waals surface area (Å²) in [5, 5.41) is 7.50. The van der Waals surface area contributed by atoms with Gasteiger partial charge in [-0.25, -0.2) is 0 Å². The number of nitrogens with one attached hydrogen (secondary N) is 1. The van der Waals surface area contributed by atoms with Crippen molar-refractivity contribution in [3.63, 3.8) is 0 Å². The smallest absolute Gasteiger partial charge is 0.229 e. The molecule has 3 unspecified atom stereocenters. The Bertz CT molecular complexity index is 374. The van der Waals surface area contributed by atoms with Crippen LogP contribution in [0.15, 0.2) is 4.52 Å². The van der Waals surface area contributed by atoms with Crippen LogP contribution in [0.2, 0.25) is 0 Å². The normalized spacial score (nSPS) is 34.1. The van der Waals surface area contributed by atoms with Crippen LogP contribution in [0, 0.1) is 0 Å². The molecule has 0 aliphatic carbocycles. The fourth-order valence-corrected chi connectivity index (χ4v) is 2.68. The molecule has 3 rings (SSSR count). The lowest BCUT2D eigenvalue weighted by Crippen LogP contribution is -2.34. The molecule has 3 heterocycles. The lowest BCUT2D eigenvalue weighted by Gasteiger charge is -2.25. The fourth-order valence-electron chi connectivity index (χ4n) is 2.68. The van der Waals surface area contributed by atoms with E-state index in [1.807, 2.05) is 0 Å². The molecule has 0 bridgehead atoms. The van der Waals surface area contributed by atoms with Gasteiger partial charge in [-0.3, -0.25) is 0 Å². The SMILES string of the molecule is CC1CC(c2nc(C3CCCO3)no2)CCN1. The van der Waals surface area contributed by atoms with Crippen molar-refractivity contribution < 1.29 is 9.26 Å². The maximum atomic E-state index is 5.56. The van der Waals surface area contributed by atoms with Gasteiger partial charge in [-0.15, -0.1) is 0 Å². The molecule has 0 radical (unpaired) electrons. The summed E-state index contributed by atoms with van der Waals surface area (Å²) >= 11 is 0. The van der Waals surface area contributed by atoms with Gasteiger partial charge in [0.1, 0.15) is 6.10 Å². The van der Waals surface area contributed by atoms with E-state index in [1.165, 1.54) is 0 Å². The van der Waals surface area contributed by atoms with Crippen LogP contribution in [0.5, 0.6) is 0 Å². The third kappa shape index (κ3) is 2.35. The monoisotopic (exact) mass is 237 g/mol. The van der Waals surface area contributed by atoms with E-state index in [9.17, 15) is 0 Å². The van der Waals surface area contributed by atoms with Crippen molar-refractivity contribution in [1.82, 2.24) is 15.5 Å². The second-order valence-corrected chi connectivity index (χ2v) is 5.07. The molecule has 5 heteroatoms. The Balaban J connectivity index is 1.70. The highest BCUT2D eigenvalue weighted by Gasteiger charge is 2.28. The first-order chi connectivity index (χ1) is 8.33. The molecule has 1 aromatic heterocycles. The van der Waals surface area contributed by atoms with Gasteiger partial charge in [0, 0.05) is 18.6 Å². The van der Waals surface area contributed by atoms with Gasteiger partial charge < -0.3 is 14.6 Å². The molecule has 2 aliphatic heterocycles. The Morgan fingerprint density at radius 3 is 3.06 bits per heavy atom. The molecular weight excluding hydrogens is 218 g/mol. The minimum Gasteiger partial charge on any atom is -0.370 e. The Hall–Kier alpha value is -0.940. The van der Waals surface area contributed by atoms with E-state index in [-0.39, 0.29) is 6.10 Å². The maximum absolute atomic E-state index is 5.56. The van der Waals surface area contributed by atoms with Crippen molar-refractivity contribution in [2.24, 2.45) is 0 Å². The highest BCUT2D eigenvalue weighted by Crippen LogP contribution is 2.30. The first-order valence-corrected chi connectivity index (χ1v) is 6.51. The summed E-state index contributed by atoms with van der Waals surface area (Å²) in [5.74, 6) is 1.95. The first-order valence-electron chi connectivity index (χ1n) is 6.51. The average molecular weight is 237 g/mol. The van der Waals surface area contributed by atoms with Crippen LogP contribution in [0.4, 0.5) is 0 Å². The van der Waals surface area contributed by atoms with Crippen LogP contribution < -0.4 is 5.32 Å². The zero-order valence-electron chi connectivity index (χ0n) is 10.2. The van der Waals surface area contributed by atoms with E-state index in [1.54, 1.807) is 0 Å². The fraction of sp³-hybridized carbons (Fsp3) is 0.833. The number of hydrogen-bond donors (Lipinski definition) is 1. The zero-order valence-corrected chi connectivity index (χ0v) is 10.2. The Kier molecular flexibility index (Phi) is 3.11. The minimum absolute atomic E-state index is 0.0617. The van der Waals surface area contributed by atoms with Crippen LogP contribution in [0.3, 0.4) is 0 Å². The standard InChI is InChI=1S/C12H19N3O2/c1-8-7-9(4-5-13-8)12-14-11(15-17-12)10-3-2-6-16-10/h8-10,13H,2-7H2,1H3. The van der Waals surface area contributed by atoms with Crippen LogP contribution in [-0.4, -0.2) is 29.3 Å². The number of piperidine rings is 1. The van der Waals surface area contributed by atoms with Crippen LogP contribution >= 0.6 is 0 Å². The van der Waals surface area contributed by atoms with E-state index in [0.717, 1.165) is 50.6 Å². The summed E-state index contributed by atoms with van der Waals surface area (Å²) in [7, 11) is 0. The number of hydrogen-bond acceptors (Lipinski definition) is 5. The maximum Gasteiger partial charge on any atom is 0.229 e. The molecule has 5 nitrogen and oxygen atoms in total. The molecule has 17 heavy (non-hydrogen) atoms. The molecule has 0 saturated carbocycles. The van der Waals surface area contributed by atoms with Crippen molar-refractivity contribution in [2.45, 2.75) is 50.7 Å². The van der Waals surface area contributed by atoms with Gasteiger partial charge in [0.25, 0.3) is 0 Å². The van der Waals surface area contributed by atoms with Gasteiger partial charge in [-0.05, 0) is 39.2 Å². The highest BCUT2D eigenvalue weighted by atomic mass is 16.5. The van der Waals surface area contributed by atoms with Gasteiger partial charge in [-0.1, -0.05) is 5.16 Å². The van der Waals surface area contributed by atoms with E-state index in [4.69, 9.17) is 9.26 Å². The molecule has 2 aliphatic rings. The summed E-state index contributed by atoms with van der Waals surface area (Å²) in [6, 6.07) is 0.534. The summed E-state index contributed by atoms with van der Waals surface area (Å²) < 4.78 is 11.0. The molecule has 0 spiro atoms. The summed E-state index contributed by atoms with van der Waals surface area (Å²) in [6.45, 7) is 4.05. The third-order valence-corrected chi connectivity index (χ3v) is 3.65. The first kappa shape index (κ1) is 11.2. The van der Waals surface area contributed by atoms with Crippen molar-refractivity contribution >= 4 is 0 Å². The van der Waals surface area contributed by atoms with Gasteiger partial charge >= 0.3 is 0 Å². The predicted molar refractivity (Wildman–Crippen MR) is 61.7 cm³/mol. The van der Waals surface area contributed by atoms with Crippen LogP contribution in [-0.2, 0) is 4.74 Å². The molecule has 94 valence electrons. The van der Waals surface area contributed by atoms with Gasteiger partial charge in [0.15, 0.2) is 0 Å². The zero-order chi connectivity index (χ0) is 11.7. The second-order valence-electron chi connectivity index (χ2n) is 5.07. The Morgan fingerprint density at radius 2 is 2.29 bits per heavy atom. The molecule has 3 atom stereocenters. The van der Waals surface area contributed by atoms with Crippen molar-refractivity contribution in [2.75, 3.05) is 13.2 Å². The lowest BCUT2D eigenvalue weighted by atomic mass is 9.93. The molecular formula is C12H19N3O2. The summed E-state index contributed by atoms with van der Waals surface area (Å²) in [4.78, 5) is 4.52. The topological polar surface area (TPSA) is 60.2 Å². The third-order valence-electron chi connectivity index (χ3n) is 3.65. The Morgan fingerprint density at radius 1 is 1.35 bits per heavy atom. The van der Waals surface area contributed by atoms with E-state index in [2.05, 4.69) is 22.4 Å². The number of nitrogens with zero attached hydrogens (tertiary/aromatic N) is 2. The van der Waals surface area contributed by atoms with E-state index < -0.39 is 0 Å². The quantitative estimate of drug-likeness (QED) is 0.849. The van der Waals surface area contributed by atoms with E-state index >= 15 is 0 Å². The summed E-state index contributed by atoms with van der Waals surface area (Å²) in [6.07, 6.45) is 4.33. The highest BCUT2D eigenvalue weighted by molar-refractivity contribution is 5.00. The average Bonchev–Trinajstić information content (AvgIpc) is 3.00. The van der Waals surface area contributed by atoms with Crippen molar-refractivity contribution in [1.29, 1.82) is 0 Å². The number of rotatable bonds is 2. The van der Waals surface area contributed by atoms with Gasteiger partial charge in [0.05, 0.1) is 0 Å². The summed E-state index contributed by atoms with van der Waals surface area (Å²) in [5.41, 5.74) is 0. The molecule has 0 amide bonds. The molecule has 1 N–H and O–H groups in total.